The van der Waals surface area contributed by atoms with Crippen molar-refractivity contribution in [1.82, 2.24) is 19.9 Å². The fourth-order valence-electron chi connectivity index (χ4n) is 2.33. The number of hydrogen-bond acceptors (Lipinski definition) is 3. The van der Waals surface area contributed by atoms with E-state index in [9.17, 15) is 4.79 Å². The molecule has 0 spiro atoms. The van der Waals surface area contributed by atoms with E-state index in [2.05, 4.69) is 15.0 Å². The number of likely N-dealkylation sites (tertiary alicyclic amines) is 1. The smallest absolute Gasteiger partial charge is 0.219 e. The maximum Gasteiger partial charge on any atom is 0.219 e. The van der Waals surface area contributed by atoms with Crippen LogP contribution in [0.25, 0.3) is 11.2 Å². The SMILES string of the molecule is CC(=O)N1CCC(c2nc3ncccc3[nH]2)C1. The Morgan fingerprint density at radius 1 is 1.59 bits per heavy atom. The van der Waals surface area contributed by atoms with E-state index in [-0.39, 0.29) is 5.91 Å². The molecule has 0 bridgehead atoms. The van der Waals surface area contributed by atoms with Gasteiger partial charge in [0.2, 0.25) is 5.91 Å². The number of pyridine rings is 1. The van der Waals surface area contributed by atoms with Crippen LogP contribution < -0.4 is 0 Å². The normalized spacial score (nSPS) is 20.1. The molecule has 1 aliphatic heterocycles. The zero-order valence-corrected chi connectivity index (χ0v) is 9.68. The number of fused-ring (bicyclic) bond motifs is 1. The number of aromatic amines is 1. The van der Waals surface area contributed by atoms with Gasteiger partial charge in [0.1, 0.15) is 5.82 Å². The third-order valence-electron chi connectivity index (χ3n) is 3.30. The molecule has 1 N–H and O–H groups in total. The molecular weight excluding hydrogens is 216 g/mol. The number of carbonyl (C=O) groups excluding carboxylic acids is 1. The highest BCUT2D eigenvalue weighted by Gasteiger charge is 2.27. The van der Waals surface area contributed by atoms with E-state index in [0.29, 0.717) is 5.92 Å². The summed E-state index contributed by atoms with van der Waals surface area (Å²) in [4.78, 5) is 25.1. The molecule has 5 nitrogen and oxygen atoms in total. The summed E-state index contributed by atoms with van der Waals surface area (Å²) >= 11 is 0. The molecule has 1 amide bonds. The molecule has 5 heteroatoms. The summed E-state index contributed by atoms with van der Waals surface area (Å²) in [5, 5.41) is 0. The minimum absolute atomic E-state index is 0.140. The van der Waals surface area contributed by atoms with E-state index in [1.807, 2.05) is 17.0 Å². The first kappa shape index (κ1) is 10.3. The molecule has 1 unspecified atom stereocenters. The van der Waals surface area contributed by atoms with Gasteiger partial charge in [-0.15, -0.1) is 0 Å². The van der Waals surface area contributed by atoms with Crippen LogP contribution in [0.2, 0.25) is 0 Å². The van der Waals surface area contributed by atoms with E-state index in [4.69, 9.17) is 0 Å². The monoisotopic (exact) mass is 230 g/mol. The van der Waals surface area contributed by atoms with Gasteiger partial charge in [-0.1, -0.05) is 0 Å². The third-order valence-corrected chi connectivity index (χ3v) is 3.30. The second-order valence-electron chi connectivity index (χ2n) is 4.45. The number of rotatable bonds is 1. The highest BCUT2D eigenvalue weighted by molar-refractivity contribution is 5.74. The molecule has 2 aromatic heterocycles. The topological polar surface area (TPSA) is 61.9 Å². The number of nitrogens with one attached hydrogen (secondary N) is 1. The minimum Gasteiger partial charge on any atom is -0.342 e. The fourth-order valence-corrected chi connectivity index (χ4v) is 2.33. The van der Waals surface area contributed by atoms with Crippen LogP contribution in [-0.4, -0.2) is 38.8 Å². The highest BCUT2D eigenvalue weighted by Crippen LogP contribution is 2.26. The van der Waals surface area contributed by atoms with Crippen LogP contribution in [0.4, 0.5) is 0 Å². The average molecular weight is 230 g/mol. The minimum atomic E-state index is 0.140. The van der Waals surface area contributed by atoms with Crippen molar-refractivity contribution >= 4 is 17.1 Å². The number of hydrogen-bond donors (Lipinski definition) is 1. The first-order chi connectivity index (χ1) is 8.24. The Bertz CT molecular complexity index is 529. The van der Waals surface area contributed by atoms with E-state index in [0.717, 1.165) is 36.5 Å². The van der Waals surface area contributed by atoms with Crippen LogP contribution in [0.3, 0.4) is 0 Å². The first-order valence-corrected chi connectivity index (χ1v) is 5.80. The maximum absolute atomic E-state index is 11.3. The largest absolute Gasteiger partial charge is 0.342 e. The summed E-state index contributed by atoms with van der Waals surface area (Å²) in [6.45, 7) is 3.20. The van der Waals surface area contributed by atoms with Crippen molar-refractivity contribution in [1.29, 1.82) is 0 Å². The third kappa shape index (κ3) is 1.77. The van der Waals surface area contributed by atoms with Crippen molar-refractivity contribution in [2.75, 3.05) is 13.1 Å². The summed E-state index contributed by atoms with van der Waals surface area (Å²) in [7, 11) is 0. The Morgan fingerprint density at radius 3 is 3.18 bits per heavy atom. The van der Waals surface area contributed by atoms with Crippen molar-refractivity contribution < 1.29 is 4.79 Å². The number of carbonyl (C=O) groups is 1. The second-order valence-corrected chi connectivity index (χ2v) is 4.45. The zero-order chi connectivity index (χ0) is 11.8. The molecule has 0 saturated carbocycles. The van der Waals surface area contributed by atoms with Crippen LogP contribution in [-0.2, 0) is 4.79 Å². The summed E-state index contributed by atoms with van der Waals surface area (Å²) in [5.74, 6) is 1.40. The highest BCUT2D eigenvalue weighted by atomic mass is 16.2. The molecular formula is C12H14N4O. The van der Waals surface area contributed by atoms with Gasteiger partial charge in [0.15, 0.2) is 5.65 Å². The molecule has 1 atom stereocenters. The van der Waals surface area contributed by atoms with Crippen molar-refractivity contribution in [3.63, 3.8) is 0 Å². The number of H-pyrrole nitrogens is 1. The Balaban J connectivity index is 1.87. The number of nitrogens with zero attached hydrogens (tertiary/aromatic N) is 3. The van der Waals surface area contributed by atoms with E-state index < -0.39 is 0 Å². The zero-order valence-electron chi connectivity index (χ0n) is 9.68. The predicted octanol–water partition coefficient (Wildman–Crippen LogP) is 1.29. The summed E-state index contributed by atoms with van der Waals surface area (Å²) in [6.07, 6.45) is 2.71. The molecule has 3 rings (SSSR count). The standard InChI is InChI=1S/C12H14N4O/c1-8(17)16-6-4-9(7-16)11-14-10-3-2-5-13-12(10)15-11/h2-3,5,9H,4,6-7H2,1H3,(H,13,14,15). The molecule has 0 aromatic carbocycles. The van der Waals surface area contributed by atoms with Crippen LogP contribution in [0.1, 0.15) is 25.1 Å². The summed E-state index contributed by atoms with van der Waals surface area (Å²) < 4.78 is 0. The summed E-state index contributed by atoms with van der Waals surface area (Å²) in [6, 6.07) is 3.86. The predicted molar refractivity (Wildman–Crippen MR) is 63.5 cm³/mol. The molecule has 1 aliphatic rings. The molecule has 0 aliphatic carbocycles. The van der Waals surface area contributed by atoms with Gasteiger partial charge < -0.3 is 9.88 Å². The van der Waals surface area contributed by atoms with Gasteiger partial charge in [-0.2, -0.15) is 0 Å². The van der Waals surface area contributed by atoms with Crippen molar-refractivity contribution in [3.8, 4) is 0 Å². The average Bonchev–Trinajstić information content (AvgIpc) is 2.95. The number of imidazole rings is 1. The lowest BCUT2D eigenvalue weighted by Crippen LogP contribution is -2.25. The number of aromatic nitrogens is 3. The number of amides is 1. The van der Waals surface area contributed by atoms with Crippen molar-refractivity contribution in [2.24, 2.45) is 0 Å². The van der Waals surface area contributed by atoms with E-state index in [1.165, 1.54) is 0 Å². The molecule has 17 heavy (non-hydrogen) atoms. The molecule has 88 valence electrons. The Labute approximate surface area is 98.9 Å². The van der Waals surface area contributed by atoms with Crippen LogP contribution in [0.5, 0.6) is 0 Å². The Morgan fingerprint density at radius 2 is 2.47 bits per heavy atom. The van der Waals surface area contributed by atoms with Gasteiger partial charge in [-0.05, 0) is 18.6 Å². The van der Waals surface area contributed by atoms with Gasteiger partial charge in [0, 0.05) is 32.1 Å². The summed E-state index contributed by atoms with van der Waals surface area (Å²) in [5.41, 5.74) is 1.72. The lowest BCUT2D eigenvalue weighted by Gasteiger charge is -2.12. The van der Waals surface area contributed by atoms with Crippen molar-refractivity contribution in [3.05, 3.63) is 24.2 Å². The quantitative estimate of drug-likeness (QED) is 0.803. The van der Waals surface area contributed by atoms with Crippen molar-refractivity contribution in [2.45, 2.75) is 19.3 Å². The Hall–Kier alpha value is -1.91. The van der Waals surface area contributed by atoms with Gasteiger partial charge in [0.05, 0.1) is 5.52 Å². The van der Waals surface area contributed by atoms with Crippen LogP contribution in [0, 0.1) is 0 Å². The molecule has 3 heterocycles. The van der Waals surface area contributed by atoms with E-state index >= 15 is 0 Å². The second kappa shape index (κ2) is 3.84. The van der Waals surface area contributed by atoms with Gasteiger partial charge in [-0.3, -0.25) is 4.79 Å². The molecule has 2 aromatic rings. The fraction of sp³-hybridized carbons (Fsp3) is 0.417. The molecule has 1 fully saturated rings. The Kier molecular flexibility index (Phi) is 2.31. The lowest BCUT2D eigenvalue weighted by molar-refractivity contribution is -0.127. The maximum atomic E-state index is 11.3. The van der Waals surface area contributed by atoms with E-state index in [1.54, 1.807) is 13.1 Å². The van der Waals surface area contributed by atoms with Crippen LogP contribution >= 0.6 is 0 Å². The molecule has 1 saturated heterocycles. The first-order valence-electron chi connectivity index (χ1n) is 5.80. The van der Waals surface area contributed by atoms with Crippen LogP contribution in [0.15, 0.2) is 18.3 Å². The molecule has 0 radical (unpaired) electrons. The lowest BCUT2D eigenvalue weighted by atomic mass is 10.1. The van der Waals surface area contributed by atoms with Gasteiger partial charge in [0.25, 0.3) is 0 Å². The van der Waals surface area contributed by atoms with Gasteiger partial charge in [-0.25, -0.2) is 9.97 Å². The van der Waals surface area contributed by atoms with Gasteiger partial charge >= 0.3 is 0 Å².